The van der Waals surface area contributed by atoms with E-state index in [0.717, 1.165) is 0 Å². The van der Waals surface area contributed by atoms with Gasteiger partial charge in [-0.05, 0) is 31.9 Å². The van der Waals surface area contributed by atoms with Gasteiger partial charge in [0.2, 0.25) is 0 Å². The van der Waals surface area contributed by atoms with Crippen LogP contribution in [0.5, 0.6) is 0 Å². The highest BCUT2D eigenvalue weighted by Gasteiger charge is 2.35. The van der Waals surface area contributed by atoms with Crippen molar-refractivity contribution in [2.75, 3.05) is 6.61 Å². The van der Waals surface area contributed by atoms with E-state index in [-0.39, 0.29) is 6.61 Å². The molecule has 1 fully saturated rings. The van der Waals surface area contributed by atoms with Crippen molar-refractivity contribution in [2.45, 2.75) is 24.9 Å². The molecule has 0 aromatic carbocycles. The molecule has 0 aliphatic carbocycles. The zero-order valence-corrected chi connectivity index (χ0v) is 12.7. The van der Waals surface area contributed by atoms with Crippen LogP contribution in [0, 0.1) is 0 Å². The summed E-state index contributed by atoms with van der Waals surface area (Å²) in [5, 5.41) is 18.9. The van der Waals surface area contributed by atoms with Gasteiger partial charge in [-0.1, -0.05) is 0 Å². The first-order chi connectivity index (χ1) is 9.10. The Bertz CT molecular complexity index is 620. The standard InChI is InChI=1S/C10H10Br2N4O3/c11-8-7-9(15-10(12)14-8)16(3-13-7)6-1-4(18)5(2-17)19-6/h3-6,17-18H,1-2H2/t4-,5+,6+/m0/s1. The maximum absolute atomic E-state index is 9.77. The molecule has 1 saturated heterocycles. The van der Waals surface area contributed by atoms with Crippen molar-refractivity contribution in [3.63, 3.8) is 0 Å². The second-order valence-corrected chi connectivity index (χ2v) is 5.68. The van der Waals surface area contributed by atoms with Gasteiger partial charge < -0.3 is 14.9 Å². The van der Waals surface area contributed by atoms with Gasteiger partial charge in [-0.15, -0.1) is 0 Å². The summed E-state index contributed by atoms with van der Waals surface area (Å²) in [5.41, 5.74) is 1.22. The molecule has 3 rings (SSSR count). The Labute approximate surface area is 124 Å². The molecule has 19 heavy (non-hydrogen) atoms. The van der Waals surface area contributed by atoms with E-state index in [9.17, 15) is 5.11 Å². The predicted octanol–water partition coefficient (Wildman–Crippen LogP) is 0.992. The average Bonchev–Trinajstić information content (AvgIpc) is 2.92. The number of ether oxygens (including phenoxy) is 1. The summed E-state index contributed by atoms with van der Waals surface area (Å²) >= 11 is 6.54. The number of aromatic nitrogens is 4. The molecule has 0 spiro atoms. The third-order valence-electron chi connectivity index (χ3n) is 3.05. The summed E-state index contributed by atoms with van der Waals surface area (Å²) in [7, 11) is 0. The number of fused-ring (bicyclic) bond motifs is 1. The van der Waals surface area contributed by atoms with Crippen molar-refractivity contribution in [2.24, 2.45) is 0 Å². The maximum atomic E-state index is 9.77. The van der Waals surface area contributed by atoms with Crippen LogP contribution < -0.4 is 0 Å². The van der Waals surface area contributed by atoms with E-state index in [1.807, 2.05) is 0 Å². The third kappa shape index (κ3) is 2.29. The van der Waals surface area contributed by atoms with Gasteiger partial charge in [-0.3, -0.25) is 4.57 Å². The molecule has 1 aliphatic rings. The van der Waals surface area contributed by atoms with Crippen LogP contribution in [0.15, 0.2) is 15.7 Å². The van der Waals surface area contributed by atoms with Crippen LogP contribution in [0.25, 0.3) is 11.2 Å². The van der Waals surface area contributed by atoms with Gasteiger partial charge in [-0.2, -0.15) is 0 Å². The minimum atomic E-state index is -0.693. The Morgan fingerprint density at radius 2 is 2.21 bits per heavy atom. The van der Waals surface area contributed by atoms with E-state index < -0.39 is 18.4 Å². The first-order valence-corrected chi connectivity index (χ1v) is 7.18. The zero-order chi connectivity index (χ0) is 13.6. The lowest BCUT2D eigenvalue weighted by Gasteiger charge is -2.13. The highest BCUT2D eigenvalue weighted by atomic mass is 79.9. The van der Waals surface area contributed by atoms with Crippen molar-refractivity contribution in [1.82, 2.24) is 19.5 Å². The largest absolute Gasteiger partial charge is 0.394 e. The second kappa shape index (κ2) is 5.06. The quantitative estimate of drug-likeness (QED) is 0.583. The minimum Gasteiger partial charge on any atom is -0.394 e. The molecule has 2 aromatic rings. The van der Waals surface area contributed by atoms with Gasteiger partial charge in [0.1, 0.15) is 22.5 Å². The van der Waals surface area contributed by atoms with Crippen molar-refractivity contribution in [3.05, 3.63) is 15.7 Å². The summed E-state index contributed by atoms with van der Waals surface area (Å²) in [4.78, 5) is 12.6. The summed E-state index contributed by atoms with van der Waals surface area (Å²) in [6.45, 7) is -0.216. The van der Waals surface area contributed by atoms with Crippen molar-refractivity contribution >= 4 is 43.0 Å². The van der Waals surface area contributed by atoms with Crippen LogP contribution in [0.2, 0.25) is 0 Å². The number of halogens is 2. The van der Waals surface area contributed by atoms with E-state index >= 15 is 0 Å². The predicted molar refractivity (Wildman–Crippen MR) is 72.3 cm³/mol. The molecule has 0 unspecified atom stereocenters. The van der Waals surface area contributed by atoms with E-state index in [4.69, 9.17) is 9.84 Å². The average molecular weight is 394 g/mol. The van der Waals surface area contributed by atoms with Crippen molar-refractivity contribution in [3.8, 4) is 0 Å². The van der Waals surface area contributed by atoms with E-state index in [1.165, 1.54) is 0 Å². The Morgan fingerprint density at radius 1 is 1.42 bits per heavy atom. The Hall–Kier alpha value is -0.610. The number of hydrogen-bond donors (Lipinski definition) is 2. The number of aliphatic hydroxyl groups is 2. The number of hydrogen-bond acceptors (Lipinski definition) is 6. The summed E-state index contributed by atoms with van der Waals surface area (Å²) < 4.78 is 8.33. The normalized spacial score (nSPS) is 27.3. The monoisotopic (exact) mass is 392 g/mol. The molecule has 102 valence electrons. The van der Waals surface area contributed by atoms with Crippen LogP contribution in [0.3, 0.4) is 0 Å². The van der Waals surface area contributed by atoms with Gasteiger partial charge in [0.25, 0.3) is 0 Å². The SMILES string of the molecule is OC[C@H]1O[C@@H](n2cnc3c(Br)nc(Br)nc32)C[C@@H]1O. The van der Waals surface area contributed by atoms with E-state index in [1.54, 1.807) is 10.9 Å². The van der Waals surface area contributed by atoms with Crippen LogP contribution in [0.4, 0.5) is 0 Å². The Kier molecular flexibility index (Phi) is 3.56. The molecular formula is C10H10Br2N4O3. The fraction of sp³-hybridized carbons (Fsp3) is 0.500. The zero-order valence-electron chi connectivity index (χ0n) is 9.57. The maximum Gasteiger partial charge on any atom is 0.199 e. The third-order valence-corrected chi connectivity index (χ3v) is 3.95. The molecule has 0 saturated carbocycles. The Balaban J connectivity index is 2.02. The molecule has 3 heterocycles. The molecule has 2 N–H and O–H groups in total. The molecule has 0 amide bonds. The molecule has 0 radical (unpaired) electrons. The van der Waals surface area contributed by atoms with E-state index in [2.05, 4.69) is 46.8 Å². The number of aliphatic hydroxyl groups excluding tert-OH is 2. The number of nitrogens with zero attached hydrogens (tertiary/aromatic N) is 4. The highest BCUT2D eigenvalue weighted by molar-refractivity contribution is 9.11. The molecule has 3 atom stereocenters. The van der Waals surface area contributed by atoms with Gasteiger partial charge in [0.15, 0.2) is 10.4 Å². The Morgan fingerprint density at radius 3 is 2.89 bits per heavy atom. The van der Waals surface area contributed by atoms with Crippen LogP contribution in [-0.4, -0.2) is 48.5 Å². The van der Waals surface area contributed by atoms with Gasteiger partial charge in [-0.25, -0.2) is 15.0 Å². The lowest BCUT2D eigenvalue weighted by molar-refractivity contribution is -0.0432. The van der Waals surface area contributed by atoms with Crippen molar-refractivity contribution in [1.29, 1.82) is 0 Å². The lowest BCUT2D eigenvalue weighted by Crippen LogP contribution is -2.24. The lowest BCUT2D eigenvalue weighted by atomic mass is 10.2. The van der Waals surface area contributed by atoms with Gasteiger partial charge >= 0.3 is 0 Å². The first kappa shape index (κ1) is 13.4. The number of rotatable bonds is 2. The fourth-order valence-electron chi connectivity index (χ4n) is 2.12. The number of imidazole rings is 1. The first-order valence-electron chi connectivity index (χ1n) is 5.60. The van der Waals surface area contributed by atoms with Crippen LogP contribution in [-0.2, 0) is 4.74 Å². The van der Waals surface area contributed by atoms with E-state index in [0.29, 0.717) is 26.9 Å². The molecule has 1 aliphatic heterocycles. The smallest absolute Gasteiger partial charge is 0.199 e. The summed E-state index contributed by atoms with van der Waals surface area (Å²) in [5.74, 6) is 0. The second-order valence-electron chi connectivity index (χ2n) is 4.22. The van der Waals surface area contributed by atoms with Crippen molar-refractivity contribution < 1.29 is 14.9 Å². The topological polar surface area (TPSA) is 93.3 Å². The van der Waals surface area contributed by atoms with Crippen LogP contribution >= 0.6 is 31.9 Å². The minimum absolute atomic E-state index is 0.216. The summed E-state index contributed by atoms with van der Waals surface area (Å²) in [6.07, 6.45) is 0.312. The van der Waals surface area contributed by atoms with Crippen LogP contribution in [0.1, 0.15) is 12.6 Å². The molecule has 2 aromatic heterocycles. The molecule has 9 heteroatoms. The van der Waals surface area contributed by atoms with Gasteiger partial charge in [0, 0.05) is 6.42 Å². The highest BCUT2D eigenvalue weighted by Crippen LogP contribution is 2.32. The molecular weight excluding hydrogens is 384 g/mol. The van der Waals surface area contributed by atoms with Gasteiger partial charge in [0.05, 0.1) is 19.0 Å². The fourth-order valence-corrected chi connectivity index (χ4v) is 3.15. The molecule has 7 nitrogen and oxygen atoms in total. The summed E-state index contributed by atoms with van der Waals surface area (Å²) in [6, 6.07) is 0. The molecule has 0 bridgehead atoms.